The zero-order chi connectivity index (χ0) is 15.8. The molecule has 0 amide bonds. The number of nitrogens with one attached hydrogen (secondary N) is 1. The topological polar surface area (TPSA) is 78.8 Å². The van der Waals surface area contributed by atoms with Crippen LogP contribution < -0.4 is 10.1 Å². The Balaban J connectivity index is 2.39. The lowest BCUT2D eigenvalue weighted by molar-refractivity contribution is -0.141. The molecule has 3 N–H and O–H groups in total. The molecular formula is C16H25NO4. The number of carboxylic acid groups (broad SMARTS) is 1. The molecular weight excluding hydrogens is 270 g/mol. The first kappa shape index (κ1) is 17.5. The summed E-state index contributed by atoms with van der Waals surface area (Å²) < 4.78 is 5.50. The molecule has 1 aromatic rings. The van der Waals surface area contributed by atoms with E-state index in [2.05, 4.69) is 5.32 Å². The quantitative estimate of drug-likeness (QED) is 0.646. The number of aliphatic carboxylic acids is 1. The Labute approximate surface area is 125 Å². The van der Waals surface area contributed by atoms with Gasteiger partial charge in [0.05, 0.1) is 5.92 Å². The maximum atomic E-state index is 10.8. The van der Waals surface area contributed by atoms with Gasteiger partial charge in [0.15, 0.2) is 0 Å². The Morgan fingerprint density at radius 1 is 1.24 bits per heavy atom. The molecule has 0 aliphatic rings. The van der Waals surface area contributed by atoms with Crippen molar-refractivity contribution in [1.29, 1.82) is 0 Å². The van der Waals surface area contributed by atoms with Crippen molar-refractivity contribution in [1.82, 2.24) is 5.32 Å². The van der Waals surface area contributed by atoms with E-state index in [9.17, 15) is 9.90 Å². The van der Waals surface area contributed by atoms with Gasteiger partial charge in [-0.3, -0.25) is 4.79 Å². The molecule has 0 aliphatic heterocycles. The standard InChI is InChI=1S/C16H25NO4/c1-11(2)17-9-14(18)10-21-15-6-4-13(5-7-15)8-12(3)16(19)20/h4-7,11-12,14,17-18H,8-10H2,1-3H3,(H,19,20). The van der Waals surface area contributed by atoms with Crippen LogP contribution in [0, 0.1) is 5.92 Å². The van der Waals surface area contributed by atoms with Gasteiger partial charge in [-0.05, 0) is 24.1 Å². The number of ether oxygens (including phenoxy) is 1. The molecule has 0 saturated carbocycles. The zero-order valence-electron chi connectivity index (χ0n) is 12.9. The number of carboxylic acids is 1. The molecule has 2 unspecified atom stereocenters. The molecule has 0 bridgehead atoms. The number of hydrogen-bond acceptors (Lipinski definition) is 4. The van der Waals surface area contributed by atoms with Gasteiger partial charge in [0.1, 0.15) is 18.5 Å². The van der Waals surface area contributed by atoms with Crippen LogP contribution in [0.25, 0.3) is 0 Å². The van der Waals surface area contributed by atoms with Crippen LogP contribution >= 0.6 is 0 Å². The average Bonchev–Trinajstić information content (AvgIpc) is 2.44. The van der Waals surface area contributed by atoms with Crippen molar-refractivity contribution in [3.05, 3.63) is 29.8 Å². The van der Waals surface area contributed by atoms with Crippen LogP contribution in [0.4, 0.5) is 0 Å². The van der Waals surface area contributed by atoms with Gasteiger partial charge >= 0.3 is 5.97 Å². The smallest absolute Gasteiger partial charge is 0.306 e. The molecule has 21 heavy (non-hydrogen) atoms. The van der Waals surface area contributed by atoms with Crippen molar-refractivity contribution < 1.29 is 19.7 Å². The highest BCUT2D eigenvalue weighted by atomic mass is 16.5. The largest absolute Gasteiger partial charge is 0.491 e. The third-order valence-corrected chi connectivity index (χ3v) is 3.09. The first-order chi connectivity index (χ1) is 9.88. The van der Waals surface area contributed by atoms with Crippen LogP contribution in [0.15, 0.2) is 24.3 Å². The average molecular weight is 295 g/mol. The molecule has 1 rings (SSSR count). The van der Waals surface area contributed by atoms with Gasteiger partial charge in [0, 0.05) is 12.6 Å². The SMILES string of the molecule is CC(C)NCC(O)COc1ccc(CC(C)C(=O)O)cc1. The third-order valence-electron chi connectivity index (χ3n) is 3.09. The summed E-state index contributed by atoms with van der Waals surface area (Å²) in [6.07, 6.45) is -0.0598. The maximum Gasteiger partial charge on any atom is 0.306 e. The molecule has 5 heteroatoms. The number of aliphatic hydroxyl groups excluding tert-OH is 1. The number of benzene rings is 1. The van der Waals surface area contributed by atoms with Crippen molar-refractivity contribution in [2.45, 2.75) is 39.3 Å². The van der Waals surface area contributed by atoms with Crippen LogP contribution in [-0.2, 0) is 11.2 Å². The number of hydrogen-bond donors (Lipinski definition) is 3. The Kier molecular flexibility index (Phi) is 7.19. The van der Waals surface area contributed by atoms with Gasteiger partial charge in [-0.1, -0.05) is 32.9 Å². The van der Waals surface area contributed by atoms with E-state index in [0.29, 0.717) is 24.8 Å². The zero-order valence-corrected chi connectivity index (χ0v) is 12.9. The molecule has 0 heterocycles. The minimum atomic E-state index is -0.795. The van der Waals surface area contributed by atoms with E-state index in [1.807, 2.05) is 26.0 Å². The van der Waals surface area contributed by atoms with Crippen molar-refractivity contribution in [3.63, 3.8) is 0 Å². The summed E-state index contributed by atoms with van der Waals surface area (Å²) in [5.41, 5.74) is 0.958. The van der Waals surface area contributed by atoms with E-state index >= 15 is 0 Å². The molecule has 0 aromatic heterocycles. The molecule has 1 aromatic carbocycles. The Morgan fingerprint density at radius 2 is 1.86 bits per heavy atom. The molecule has 0 fully saturated rings. The van der Waals surface area contributed by atoms with Gasteiger partial charge in [-0.15, -0.1) is 0 Å². The van der Waals surface area contributed by atoms with Crippen LogP contribution in [-0.4, -0.2) is 41.5 Å². The van der Waals surface area contributed by atoms with Crippen molar-refractivity contribution >= 4 is 5.97 Å². The summed E-state index contributed by atoms with van der Waals surface area (Å²) in [5.74, 6) is -0.526. The molecule has 118 valence electrons. The van der Waals surface area contributed by atoms with Crippen LogP contribution in [0.5, 0.6) is 5.75 Å². The lowest BCUT2D eigenvalue weighted by atomic mass is 10.0. The monoisotopic (exact) mass is 295 g/mol. The van der Waals surface area contributed by atoms with Gasteiger partial charge in [0.25, 0.3) is 0 Å². The minimum Gasteiger partial charge on any atom is -0.491 e. The first-order valence-corrected chi connectivity index (χ1v) is 7.24. The summed E-state index contributed by atoms with van der Waals surface area (Å²) in [7, 11) is 0. The van der Waals surface area contributed by atoms with Crippen molar-refractivity contribution in [2.24, 2.45) is 5.92 Å². The van der Waals surface area contributed by atoms with Crippen molar-refractivity contribution in [2.75, 3.05) is 13.2 Å². The highest BCUT2D eigenvalue weighted by Gasteiger charge is 2.11. The minimum absolute atomic E-state index is 0.227. The molecule has 0 spiro atoms. The first-order valence-electron chi connectivity index (χ1n) is 7.24. The molecule has 0 aliphatic carbocycles. The molecule has 0 radical (unpaired) electrons. The van der Waals surface area contributed by atoms with E-state index in [0.717, 1.165) is 5.56 Å². The summed E-state index contributed by atoms with van der Waals surface area (Å²) in [6, 6.07) is 7.63. The highest BCUT2D eigenvalue weighted by Crippen LogP contribution is 2.15. The Hall–Kier alpha value is -1.59. The second kappa shape index (κ2) is 8.64. The summed E-state index contributed by atoms with van der Waals surface area (Å²) in [4.78, 5) is 10.8. The normalized spacial score (nSPS) is 14.0. The van der Waals surface area contributed by atoms with Gasteiger partial charge in [-0.2, -0.15) is 0 Å². The van der Waals surface area contributed by atoms with E-state index in [1.54, 1.807) is 19.1 Å². The van der Waals surface area contributed by atoms with E-state index in [-0.39, 0.29) is 6.61 Å². The lowest BCUT2D eigenvalue weighted by Crippen LogP contribution is -2.35. The molecule has 5 nitrogen and oxygen atoms in total. The fourth-order valence-electron chi connectivity index (χ4n) is 1.79. The predicted octanol–water partition coefficient (Wildman–Crippen LogP) is 1.69. The second-order valence-corrected chi connectivity index (χ2v) is 5.62. The Morgan fingerprint density at radius 3 is 2.38 bits per heavy atom. The van der Waals surface area contributed by atoms with Gasteiger partial charge in [-0.25, -0.2) is 0 Å². The van der Waals surface area contributed by atoms with E-state index in [4.69, 9.17) is 9.84 Å². The Bertz CT molecular complexity index is 430. The van der Waals surface area contributed by atoms with Gasteiger partial charge < -0.3 is 20.3 Å². The van der Waals surface area contributed by atoms with Crippen LogP contribution in [0.2, 0.25) is 0 Å². The molecule has 0 saturated heterocycles. The van der Waals surface area contributed by atoms with Crippen LogP contribution in [0.3, 0.4) is 0 Å². The maximum absolute atomic E-state index is 10.8. The third kappa shape index (κ3) is 7.11. The summed E-state index contributed by atoms with van der Waals surface area (Å²) in [5, 5.41) is 21.8. The number of aliphatic hydroxyl groups is 1. The predicted molar refractivity (Wildman–Crippen MR) is 81.6 cm³/mol. The summed E-state index contributed by atoms with van der Waals surface area (Å²) in [6.45, 7) is 6.44. The molecule has 2 atom stereocenters. The summed E-state index contributed by atoms with van der Waals surface area (Å²) >= 11 is 0. The van der Waals surface area contributed by atoms with Gasteiger partial charge in [0.2, 0.25) is 0 Å². The second-order valence-electron chi connectivity index (χ2n) is 5.62. The highest BCUT2D eigenvalue weighted by molar-refractivity contribution is 5.69. The lowest BCUT2D eigenvalue weighted by Gasteiger charge is -2.15. The van der Waals surface area contributed by atoms with E-state index < -0.39 is 18.0 Å². The number of rotatable bonds is 9. The van der Waals surface area contributed by atoms with Crippen molar-refractivity contribution in [3.8, 4) is 5.75 Å². The van der Waals surface area contributed by atoms with E-state index in [1.165, 1.54) is 0 Å². The number of carbonyl (C=O) groups is 1. The fourth-order valence-corrected chi connectivity index (χ4v) is 1.79. The fraction of sp³-hybridized carbons (Fsp3) is 0.562. The van der Waals surface area contributed by atoms with Crippen LogP contribution in [0.1, 0.15) is 26.3 Å².